The summed E-state index contributed by atoms with van der Waals surface area (Å²) in [6, 6.07) is 8.13. The minimum atomic E-state index is -0.478. The SMILES string of the molecule is O=C(OCc1cc(=O)n2ccsc2n1)c1ccc(OCC2CCCO2)cc1. The molecule has 4 rings (SSSR count). The first-order valence-electron chi connectivity index (χ1n) is 8.66. The second kappa shape index (κ2) is 7.89. The van der Waals surface area contributed by atoms with Crippen LogP contribution in [0, 0.1) is 0 Å². The molecule has 1 fully saturated rings. The van der Waals surface area contributed by atoms with Gasteiger partial charge >= 0.3 is 5.97 Å². The first kappa shape index (κ1) is 17.7. The lowest BCUT2D eigenvalue weighted by Gasteiger charge is -2.11. The monoisotopic (exact) mass is 386 g/mol. The van der Waals surface area contributed by atoms with Crippen LogP contribution in [-0.4, -0.2) is 34.7 Å². The topological polar surface area (TPSA) is 79.1 Å². The minimum Gasteiger partial charge on any atom is -0.491 e. The minimum absolute atomic E-state index is 0.0558. The molecule has 7 nitrogen and oxygen atoms in total. The number of aromatic nitrogens is 2. The number of ether oxygens (including phenoxy) is 3. The van der Waals surface area contributed by atoms with E-state index in [4.69, 9.17) is 14.2 Å². The highest BCUT2D eigenvalue weighted by Crippen LogP contribution is 2.17. The van der Waals surface area contributed by atoms with E-state index >= 15 is 0 Å². The lowest BCUT2D eigenvalue weighted by Crippen LogP contribution is -2.16. The Kier molecular flexibility index (Phi) is 5.17. The third kappa shape index (κ3) is 4.17. The Labute approximate surface area is 159 Å². The Morgan fingerprint density at radius 1 is 1.33 bits per heavy atom. The molecule has 1 aliphatic rings. The van der Waals surface area contributed by atoms with Gasteiger partial charge in [-0.15, -0.1) is 11.3 Å². The third-order valence-electron chi connectivity index (χ3n) is 4.26. The van der Waals surface area contributed by atoms with Crippen molar-refractivity contribution < 1.29 is 19.0 Å². The summed E-state index contributed by atoms with van der Waals surface area (Å²) >= 11 is 1.35. The molecule has 1 atom stereocenters. The van der Waals surface area contributed by atoms with Crippen molar-refractivity contribution in [3.05, 3.63) is 63.5 Å². The van der Waals surface area contributed by atoms with Crippen LogP contribution in [0.5, 0.6) is 5.75 Å². The summed E-state index contributed by atoms with van der Waals surface area (Å²) in [6.45, 7) is 1.25. The molecule has 1 aromatic carbocycles. The summed E-state index contributed by atoms with van der Waals surface area (Å²) in [7, 11) is 0. The maximum Gasteiger partial charge on any atom is 0.338 e. The van der Waals surface area contributed by atoms with Crippen LogP contribution in [0.4, 0.5) is 0 Å². The quantitative estimate of drug-likeness (QED) is 0.606. The second-order valence-electron chi connectivity index (χ2n) is 6.19. The van der Waals surface area contributed by atoms with E-state index in [1.165, 1.54) is 21.8 Å². The number of carbonyl (C=O) groups is 1. The summed E-state index contributed by atoms with van der Waals surface area (Å²) in [5.74, 6) is 0.203. The van der Waals surface area contributed by atoms with E-state index in [1.807, 2.05) is 0 Å². The molecule has 27 heavy (non-hydrogen) atoms. The zero-order valence-electron chi connectivity index (χ0n) is 14.5. The van der Waals surface area contributed by atoms with E-state index in [-0.39, 0.29) is 18.3 Å². The molecular weight excluding hydrogens is 368 g/mol. The van der Waals surface area contributed by atoms with Crippen molar-refractivity contribution >= 4 is 22.3 Å². The molecule has 1 unspecified atom stereocenters. The van der Waals surface area contributed by atoms with Gasteiger partial charge in [0.2, 0.25) is 0 Å². The van der Waals surface area contributed by atoms with E-state index in [1.54, 1.807) is 35.8 Å². The van der Waals surface area contributed by atoms with Gasteiger partial charge in [0.25, 0.3) is 5.56 Å². The highest BCUT2D eigenvalue weighted by Gasteiger charge is 2.16. The number of benzene rings is 1. The smallest absolute Gasteiger partial charge is 0.338 e. The van der Waals surface area contributed by atoms with Crippen molar-refractivity contribution in [2.24, 2.45) is 0 Å². The molecule has 1 aliphatic heterocycles. The fourth-order valence-electron chi connectivity index (χ4n) is 2.84. The molecule has 3 aromatic rings. The Bertz CT molecular complexity index is 989. The number of carbonyl (C=O) groups excluding carboxylic acids is 1. The van der Waals surface area contributed by atoms with Gasteiger partial charge in [0.15, 0.2) is 4.96 Å². The van der Waals surface area contributed by atoms with Gasteiger partial charge in [0, 0.05) is 24.3 Å². The van der Waals surface area contributed by atoms with Crippen molar-refractivity contribution in [1.82, 2.24) is 9.38 Å². The van der Waals surface area contributed by atoms with E-state index < -0.39 is 5.97 Å². The molecule has 2 aromatic heterocycles. The fourth-order valence-corrected chi connectivity index (χ4v) is 3.58. The highest BCUT2D eigenvalue weighted by molar-refractivity contribution is 7.15. The van der Waals surface area contributed by atoms with Crippen LogP contribution in [0.1, 0.15) is 28.9 Å². The number of rotatable bonds is 6. The van der Waals surface area contributed by atoms with Crippen LogP contribution >= 0.6 is 11.3 Å². The van der Waals surface area contributed by atoms with Crippen molar-refractivity contribution in [1.29, 1.82) is 0 Å². The molecule has 8 heteroatoms. The standard InChI is InChI=1S/C19H18N2O5S/c22-17-10-14(20-19-21(17)7-9-27-19)11-26-18(23)13-3-5-15(6-4-13)25-12-16-2-1-8-24-16/h3-7,9-10,16H,1-2,8,11-12H2. The van der Waals surface area contributed by atoms with Crippen molar-refractivity contribution in [2.75, 3.05) is 13.2 Å². The summed E-state index contributed by atoms with van der Waals surface area (Å²) in [4.78, 5) is 29.0. The van der Waals surface area contributed by atoms with Gasteiger partial charge in [-0.25, -0.2) is 9.78 Å². The van der Waals surface area contributed by atoms with Gasteiger partial charge in [-0.1, -0.05) is 0 Å². The lowest BCUT2D eigenvalue weighted by molar-refractivity contribution is 0.0467. The first-order chi connectivity index (χ1) is 13.2. The Morgan fingerprint density at radius 3 is 2.96 bits per heavy atom. The number of hydrogen-bond acceptors (Lipinski definition) is 7. The van der Waals surface area contributed by atoms with Gasteiger partial charge in [-0.05, 0) is 37.1 Å². The van der Waals surface area contributed by atoms with Crippen LogP contribution in [0.15, 0.2) is 46.7 Å². The largest absolute Gasteiger partial charge is 0.491 e. The molecular formula is C19H18N2O5S. The normalized spacial score (nSPS) is 16.5. The van der Waals surface area contributed by atoms with Crippen LogP contribution in [0.3, 0.4) is 0 Å². The number of nitrogens with zero attached hydrogens (tertiary/aromatic N) is 2. The molecule has 0 amide bonds. The van der Waals surface area contributed by atoms with E-state index in [9.17, 15) is 9.59 Å². The van der Waals surface area contributed by atoms with Crippen molar-refractivity contribution in [2.45, 2.75) is 25.6 Å². The molecule has 140 valence electrons. The average Bonchev–Trinajstić information content (AvgIpc) is 3.37. The predicted octanol–water partition coefficient (Wildman–Crippen LogP) is 2.67. The molecule has 0 N–H and O–H groups in total. The summed E-state index contributed by atoms with van der Waals surface area (Å²) in [5, 5.41) is 1.78. The molecule has 0 aliphatic carbocycles. The zero-order chi connectivity index (χ0) is 18.6. The van der Waals surface area contributed by atoms with E-state index in [2.05, 4.69) is 4.98 Å². The van der Waals surface area contributed by atoms with Crippen LogP contribution < -0.4 is 10.3 Å². The molecule has 1 saturated heterocycles. The summed E-state index contributed by atoms with van der Waals surface area (Å²) in [5.41, 5.74) is 0.640. The number of esters is 1. The number of fused-ring (bicyclic) bond motifs is 1. The summed E-state index contributed by atoms with van der Waals surface area (Å²) < 4.78 is 17.9. The van der Waals surface area contributed by atoms with Gasteiger partial charge in [0.05, 0.1) is 17.4 Å². The Balaban J connectivity index is 1.33. The highest BCUT2D eigenvalue weighted by atomic mass is 32.1. The van der Waals surface area contributed by atoms with Crippen LogP contribution in [0.2, 0.25) is 0 Å². The fraction of sp³-hybridized carbons (Fsp3) is 0.316. The van der Waals surface area contributed by atoms with Gasteiger partial charge < -0.3 is 14.2 Å². The lowest BCUT2D eigenvalue weighted by atomic mass is 10.2. The van der Waals surface area contributed by atoms with Crippen molar-refractivity contribution in [3.8, 4) is 5.75 Å². The molecule has 0 spiro atoms. The second-order valence-corrected chi connectivity index (χ2v) is 7.06. The van der Waals surface area contributed by atoms with E-state index in [0.29, 0.717) is 28.6 Å². The Morgan fingerprint density at radius 2 is 2.19 bits per heavy atom. The molecule has 3 heterocycles. The van der Waals surface area contributed by atoms with Gasteiger partial charge in [-0.3, -0.25) is 9.20 Å². The molecule has 0 radical (unpaired) electrons. The Hall–Kier alpha value is -2.71. The number of thiazole rings is 1. The predicted molar refractivity (Wildman–Crippen MR) is 99.4 cm³/mol. The number of hydrogen-bond donors (Lipinski definition) is 0. The maximum atomic E-state index is 12.2. The first-order valence-corrected chi connectivity index (χ1v) is 9.54. The summed E-state index contributed by atoms with van der Waals surface area (Å²) in [6.07, 6.45) is 3.89. The average molecular weight is 386 g/mol. The zero-order valence-corrected chi connectivity index (χ0v) is 15.3. The maximum absolute atomic E-state index is 12.2. The van der Waals surface area contributed by atoms with Crippen molar-refractivity contribution in [3.63, 3.8) is 0 Å². The van der Waals surface area contributed by atoms with Gasteiger partial charge in [0.1, 0.15) is 19.0 Å². The van der Waals surface area contributed by atoms with E-state index in [0.717, 1.165) is 19.4 Å². The third-order valence-corrected chi connectivity index (χ3v) is 5.01. The molecule has 0 bridgehead atoms. The van der Waals surface area contributed by atoms with Gasteiger partial charge in [-0.2, -0.15) is 0 Å². The van der Waals surface area contributed by atoms with Crippen LogP contribution in [-0.2, 0) is 16.1 Å². The van der Waals surface area contributed by atoms with Crippen LogP contribution in [0.25, 0.3) is 4.96 Å². The molecule has 0 saturated carbocycles.